The van der Waals surface area contributed by atoms with Gasteiger partial charge < -0.3 is 16.2 Å². The summed E-state index contributed by atoms with van der Waals surface area (Å²) in [5.74, 6) is 0.990. The fourth-order valence-corrected chi connectivity index (χ4v) is 1.65. The van der Waals surface area contributed by atoms with Crippen LogP contribution in [0.5, 0.6) is 5.88 Å². The molecule has 6 heteroatoms. The number of nitrogen functional groups attached to an aromatic ring is 1. The monoisotopic (exact) mass is 245 g/mol. The van der Waals surface area contributed by atoms with Gasteiger partial charge in [0, 0.05) is 12.3 Å². The summed E-state index contributed by atoms with van der Waals surface area (Å²) >= 11 is 0. The van der Waals surface area contributed by atoms with E-state index in [1.165, 1.54) is 6.33 Å². The zero-order valence-corrected chi connectivity index (χ0v) is 10.1. The van der Waals surface area contributed by atoms with Crippen LogP contribution < -0.4 is 16.2 Å². The van der Waals surface area contributed by atoms with Gasteiger partial charge in [-0.1, -0.05) is 0 Å². The van der Waals surface area contributed by atoms with Crippen molar-refractivity contribution in [2.24, 2.45) is 5.73 Å². The van der Waals surface area contributed by atoms with Crippen molar-refractivity contribution in [3.63, 3.8) is 0 Å². The van der Waals surface area contributed by atoms with E-state index in [4.69, 9.17) is 16.2 Å². The average Bonchev–Trinajstić information content (AvgIpc) is 2.39. The Kier molecular flexibility index (Phi) is 3.69. The molecule has 0 aromatic carbocycles. The molecule has 0 amide bonds. The summed E-state index contributed by atoms with van der Waals surface area (Å²) in [5, 5.41) is 0. The summed E-state index contributed by atoms with van der Waals surface area (Å²) in [4.78, 5) is 12.0. The molecular formula is C12H15N5O. The van der Waals surface area contributed by atoms with Crippen LogP contribution in [0.4, 0.5) is 5.82 Å². The fraction of sp³-hybridized carbons (Fsp3) is 0.250. The van der Waals surface area contributed by atoms with Crippen LogP contribution in [0.2, 0.25) is 0 Å². The maximum Gasteiger partial charge on any atom is 0.216 e. The summed E-state index contributed by atoms with van der Waals surface area (Å²) in [7, 11) is 1.56. The summed E-state index contributed by atoms with van der Waals surface area (Å²) < 4.78 is 5.04. The van der Waals surface area contributed by atoms with Gasteiger partial charge in [0.2, 0.25) is 5.88 Å². The molecule has 0 saturated heterocycles. The number of nitrogens with two attached hydrogens (primary N) is 2. The molecule has 4 N–H and O–H groups in total. The molecule has 6 nitrogen and oxygen atoms in total. The van der Waals surface area contributed by atoms with Gasteiger partial charge in [0.25, 0.3) is 0 Å². The Hall–Kier alpha value is -2.21. The minimum absolute atomic E-state index is 0.233. The van der Waals surface area contributed by atoms with Gasteiger partial charge in [-0.25, -0.2) is 15.0 Å². The van der Waals surface area contributed by atoms with Gasteiger partial charge in [-0.3, -0.25) is 0 Å². The van der Waals surface area contributed by atoms with Crippen LogP contribution in [0.1, 0.15) is 17.3 Å². The smallest absolute Gasteiger partial charge is 0.216 e. The molecule has 0 fully saturated rings. The third-order valence-corrected chi connectivity index (χ3v) is 2.55. The van der Waals surface area contributed by atoms with Crippen LogP contribution in [0, 0.1) is 0 Å². The van der Waals surface area contributed by atoms with Gasteiger partial charge in [-0.2, -0.15) is 0 Å². The highest BCUT2D eigenvalue weighted by Crippen LogP contribution is 2.17. The molecule has 0 spiro atoms. The second-order valence-corrected chi connectivity index (χ2v) is 3.88. The van der Waals surface area contributed by atoms with Gasteiger partial charge >= 0.3 is 0 Å². The number of aromatic nitrogens is 3. The molecule has 0 aliphatic heterocycles. The van der Waals surface area contributed by atoms with Crippen molar-refractivity contribution in [3.05, 3.63) is 42.0 Å². The van der Waals surface area contributed by atoms with E-state index in [9.17, 15) is 0 Å². The maximum atomic E-state index is 6.09. The number of rotatable bonds is 4. The number of pyridine rings is 1. The first kappa shape index (κ1) is 12.3. The summed E-state index contributed by atoms with van der Waals surface area (Å²) in [6.45, 7) is 0. The predicted molar refractivity (Wildman–Crippen MR) is 67.9 cm³/mol. The standard InChI is InChI=1S/C12H15N5O/c1-18-12-6-10(16-7-17-12)9(13)4-8-2-3-15-11(14)5-8/h2-3,5-7,9H,4,13H2,1H3,(H2,14,15). The first-order chi connectivity index (χ1) is 8.69. The van der Waals surface area contributed by atoms with Crippen molar-refractivity contribution >= 4 is 5.82 Å². The molecule has 0 saturated carbocycles. The second kappa shape index (κ2) is 5.42. The third-order valence-electron chi connectivity index (χ3n) is 2.55. The second-order valence-electron chi connectivity index (χ2n) is 3.88. The van der Waals surface area contributed by atoms with Gasteiger partial charge in [-0.05, 0) is 24.1 Å². The lowest BCUT2D eigenvalue weighted by molar-refractivity contribution is 0.395. The van der Waals surface area contributed by atoms with Crippen LogP contribution in [0.25, 0.3) is 0 Å². The van der Waals surface area contributed by atoms with Crippen LogP contribution in [0.3, 0.4) is 0 Å². The van der Waals surface area contributed by atoms with Gasteiger partial charge in [0.1, 0.15) is 12.1 Å². The molecule has 0 bridgehead atoms. The van der Waals surface area contributed by atoms with E-state index in [0.717, 1.165) is 11.3 Å². The molecule has 0 aliphatic rings. The van der Waals surface area contributed by atoms with Gasteiger partial charge in [-0.15, -0.1) is 0 Å². The van der Waals surface area contributed by atoms with E-state index in [1.807, 2.05) is 6.07 Å². The lowest BCUT2D eigenvalue weighted by Crippen LogP contribution is -2.15. The summed E-state index contributed by atoms with van der Waals surface area (Å²) in [6, 6.07) is 5.19. The van der Waals surface area contributed by atoms with Gasteiger partial charge in [0.15, 0.2) is 0 Å². The Morgan fingerprint density at radius 1 is 1.28 bits per heavy atom. The average molecular weight is 245 g/mol. The molecule has 2 aromatic heterocycles. The van der Waals surface area contributed by atoms with Crippen molar-refractivity contribution in [3.8, 4) is 5.88 Å². The van der Waals surface area contributed by atoms with Crippen LogP contribution in [-0.2, 0) is 6.42 Å². The summed E-state index contributed by atoms with van der Waals surface area (Å²) in [5.41, 5.74) is 13.5. The predicted octanol–water partition coefficient (Wildman–Crippen LogP) is 0.705. The molecule has 0 radical (unpaired) electrons. The zero-order valence-electron chi connectivity index (χ0n) is 10.1. The van der Waals surface area contributed by atoms with E-state index >= 15 is 0 Å². The van der Waals surface area contributed by atoms with Crippen molar-refractivity contribution in [1.82, 2.24) is 15.0 Å². The van der Waals surface area contributed by atoms with Crippen molar-refractivity contribution in [2.45, 2.75) is 12.5 Å². The van der Waals surface area contributed by atoms with Crippen LogP contribution >= 0.6 is 0 Å². The van der Waals surface area contributed by atoms with Crippen LogP contribution in [0.15, 0.2) is 30.7 Å². The van der Waals surface area contributed by atoms with E-state index in [-0.39, 0.29) is 6.04 Å². The Balaban J connectivity index is 2.13. The fourth-order valence-electron chi connectivity index (χ4n) is 1.65. The highest BCUT2D eigenvalue weighted by Gasteiger charge is 2.10. The molecule has 18 heavy (non-hydrogen) atoms. The molecule has 94 valence electrons. The van der Waals surface area contributed by atoms with Crippen molar-refractivity contribution < 1.29 is 4.74 Å². The number of hydrogen-bond acceptors (Lipinski definition) is 6. The third kappa shape index (κ3) is 2.92. The van der Waals surface area contributed by atoms with Crippen molar-refractivity contribution in [1.29, 1.82) is 0 Å². The molecule has 2 heterocycles. The Morgan fingerprint density at radius 2 is 2.11 bits per heavy atom. The van der Waals surface area contributed by atoms with Crippen LogP contribution in [-0.4, -0.2) is 22.1 Å². The molecule has 1 unspecified atom stereocenters. The number of nitrogens with zero attached hydrogens (tertiary/aromatic N) is 3. The Labute approximate surface area is 105 Å². The maximum absolute atomic E-state index is 6.09. The Bertz CT molecular complexity index is 531. The minimum atomic E-state index is -0.233. The normalized spacial score (nSPS) is 12.1. The molecule has 2 aromatic rings. The topological polar surface area (TPSA) is 99.9 Å². The lowest BCUT2D eigenvalue weighted by Gasteiger charge is -2.11. The first-order valence-electron chi connectivity index (χ1n) is 5.51. The molecular weight excluding hydrogens is 230 g/mol. The molecule has 0 aliphatic carbocycles. The lowest BCUT2D eigenvalue weighted by atomic mass is 10.0. The number of ether oxygens (including phenoxy) is 1. The summed E-state index contributed by atoms with van der Waals surface area (Å²) in [6.07, 6.45) is 3.74. The van der Waals surface area contributed by atoms with E-state index in [1.54, 1.807) is 25.4 Å². The Morgan fingerprint density at radius 3 is 2.83 bits per heavy atom. The zero-order chi connectivity index (χ0) is 13.0. The van der Waals surface area contributed by atoms with Crippen molar-refractivity contribution in [2.75, 3.05) is 12.8 Å². The van der Waals surface area contributed by atoms with E-state index in [0.29, 0.717) is 18.1 Å². The SMILES string of the molecule is COc1cc(C(N)Cc2ccnc(N)c2)ncn1. The van der Waals surface area contributed by atoms with Gasteiger partial charge in [0.05, 0.1) is 18.8 Å². The quantitative estimate of drug-likeness (QED) is 0.822. The highest BCUT2D eigenvalue weighted by atomic mass is 16.5. The largest absolute Gasteiger partial charge is 0.481 e. The first-order valence-corrected chi connectivity index (χ1v) is 5.51. The number of hydrogen-bond donors (Lipinski definition) is 2. The number of anilines is 1. The number of methoxy groups -OCH3 is 1. The molecule has 1 atom stereocenters. The van der Waals surface area contributed by atoms with E-state index < -0.39 is 0 Å². The van der Waals surface area contributed by atoms with E-state index in [2.05, 4.69) is 15.0 Å². The minimum Gasteiger partial charge on any atom is -0.481 e. The highest BCUT2D eigenvalue weighted by molar-refractivity contribution is 5.32. The molecule has 2 rings (SSSR count).